The third-order valence-corrected chi connectivity index (χ3v) is 4.29. The highest BCUT2D eigenvalue weighted by Crippen LogP contribution is 2.18. The molecule has 3 rings (SSSR count). The van der Waals surface area contributed by atoms with Crippen molar-refractivity contribution in [2.45, 2.75) is 25.3 Å². The van der Waals surface area contributed by atoms with Gasteiger partial charge in [0.1, 0.15) is 0 Å². The quantitative estimate of drug-likeness (QED) is 0.579. The van der Waals surface area contributed by atoms with E-state index < -0.39 is 4.92 Å². The molecule has 0 bridgehead atoms. The van der Waals surface area contributed by atoms with E-state index in [1.165, 1.54) is 6.07 Å². The summed E-state index contributed by atoms with van der Waals surface area (Å²) >= 11 is 0. The van der Waals surface area contributed by atoms with E-state index >= 15 is 0 Å². The maximum absolute atomic E-state index is 12.2. The summed E-state index contributed by atoms with van der Waals surface area (Å²) in [6.07, 6.45) is 3.96. The fraction of sp³-hybridized carbons (Fsp3) is 0.438. The largest absolute Gasteiger partial charge is 0.350 e. The molecule has 1 amide bonds. The van der Waals surface area contributed by atoms with Crippen LogP contribution in [-0.2, 0) is 6.42 Å². The summed E-state index contributed by atoms with van der Waals surface area (Å²) in [4.78, 5) is 22.7. The van der Waals surface area contributed by atoms with Crippen LogP contribution in [0.2, 0.25) is 0 Å². The second kappa shape index (κ2) is 9.25. The molecule has 1 saturated heterocycles. The number of benzene rings is 1. The first kappa shape index (κ1) is 19.8. The van der Waals surface area contributed by atoms with Crippen molar-refractivity contribution in [3.05, 3.63) is 51.8 Å². The summed E-state index contributed by atoms with van der Waals surface area (Å²) in [5.41, 5.74) is 0.917. The van der Waals surface area contributed by atoms with E-state index in [2.05, 4.69) is 20.9 Å². The van der Waals surface area contributed by atoms with Crippen LogP contribution in [0.3, 0.4) is 0 Å². The second-order valence-electron chi connectivity index (χ2n) is 5.96. The zero-order valence-corrected chi connectivity index (χ0v) is 14.9. The van der Waals surface area contributed by atoms with Crippen LogP contribution in [0.5, 0.6) is 0 Å². The topological polar surface area (TPSA) is 115 Å². The van der Waals surface area contributed by atoms with Crippen LogP contribution >= 0.6 is 12.4 Å². The maximum Gasteiger partial charge on any atom is 0.273 e. The summed E-state index contributed by atoms with van der Waals surface area (Å²) in [5, 5.41) is 25.0. The second-order valence-corrected chi connectivity index (χ2v) is 5.96. The van der Waals surface area contributed by atoms with E-state index in [4.69, 9.17) is 0 Å². The molecule has 9 nitrogen and oxygen atoms in total. The number of halogens is 1. The molecule has 2 aromatic rings. The third-order valence-electron chi connectivity index (χ3n) is 4.29. The summed E-state index contributed by atoms with van der Waals surface area (Å²) in [5.74, 6) is -0.321. The van der Waals surface area contributed by atoms with Crippen LogP contribution in [0.25, 0.3) is 0 Å². The van der Waals surface area contributed by atoms with Crippen LogP contribution in [0.1, 0.15) is 34.9 Å². The Hall–Kier alpha value is -2.52. The maximum atomic E-state index is 12.2. The van der Waals surface area contributed by atoms with Gasteiger partial charge in [0.25, 0.3) is 11.6 Å². The first-order valence-electron chi connectivity index (χ1n) is 8.28. The van der Waals surface area contributed by atoms with E-state index in [1.54, 1.807) is 29.1 Å². The van der Waals surface area contributed by atoms with Gasteiger partial charge in [0.05, 0.1) is 17.2 Å². The smallest absolute Gasteiger partial charge is 0.273 e. The number of piperidine rings is 1. The van der Waals surface area contributed by atoms with Crippen molar-refractivity contribution in [2.75, 3.05) is 19.6 Å². The minimum atomic E-state index is -0.415. The summed E-state index contributed by atoms with van der Waals surface area (Å²) in [6, 6.07) is 6.79. The van der Waals surface area contributed by atoms with Gasteiger partial charge in [-0.3, -0.25) is 14.9 Å². The Morgan fingerprint density at radius 3 is 2.81 bits per heavy atom. The number of hydrogen-bond acceptors (Lipinski definition) is 6. The number of nitrogens with zero attached hydrogens (tertiary/aromatic N) is 4. The van der Waals surface area contributed by atoms with E-state index in [1.807, 2.05) is 0 Å². The number of nitrogens with one attached hydrogen (secondary N) is 2. The summed E-state index contributed by atoms with van der Waals surface area (Å²) < 4.78 is 1.75. The molecule has 0 aliphatic carbocycles. The zero-order chi connectivity index (χ0) is 17.6. The number of carbonyl (C=O) groups excluding carboxylic acids is 1. The van der Waals surface area contributed by atoms with Gasteiger partial charge >= 0.3 is 0 Å². The minimum Gasteiger partial charge on any atom is -0.350 e. The zero-order valence-electron chi connectivity index (χ0n) is 14.1. The Morgan fingerprint density at radius 2 is 2.08 bits per heavy atom. The van der Waals surface area contributed by atoms with Gasteiger partial charge in [-0.25, -0.2) is 4.68 Å². The lowest BCUT2D eigenvalue weighted by Crippen LogP contribution is -2.29. The van der Waals surface area contributed by atoms with Gasteiger partial charge in [0.2, 0.25) is 0 Å². The van der Waals surface area contributed by atoms with Crippen LogP contribution in [0, 0.1) is 10.1 Å². The van der Waals surface area contributed by atoms with Gasteiger partial charge in [-0.1, -0.05) is 23.4 Å². The number of nitro benzene ring substituents is 1. The fourth-order valence-electron chi connectivity index (χ4n) is 2.93. The molecule has 1 aromatic heterocycles. The molecule has 0 spiro atoms. The van der Waals surface area contributed by atoms with E-state index in [0.29, 0.717) is 18.5 Å². The van der Waals surface area contributed by atoms with Gasteiger partial charge < -0.3 is 10.6 Å². The molecule has 26 heavy (non-hydrogen) atoms. The normalized spacial score (nSPS) is 14.5. The molecule has 0 atom stereocenters. The standard InChI is InChI=1S/C16H20N6O3.ClH/c23-16(14-11-21(20-19-14)13-6-8-17-9-7-13)18-10-5-12-3-1-2-4-15(12)22(24)25;/h1-4,11,13,17H,5-10H2,(H,18,23);1H. The Kier molecular flexibility index (Phi) is 7.05. The van der Waals surface area contributed by atoms with Gasteiger partial charge in [0.15, 0.2) is 5.69 Å². The highest BCUT2D eigenvalue weighted by Gasteiger charge is 2.19. The highest BCUT2D eigenvalue weighted by atomic mass is 35.5. The molecule has 0 radical (unpaired) electrons. The molecule has 2 heterocycles. The van der Waals surface area contributed by atoms with Crippen molar-refractivity contribution in [3.8, 4) is 0 Å². The van der Waals surface area contributed by atoms with Crippen LogP contribution in [-0.4, -0.2) is 45.5 Å². The number of para-hydroxylation sites is 1. The molecule has 0 unspecified atom stereocenters. The predicted molar refractivity (Wildman–Crippen MR) is 97.5 cm³/mol. The van der Waals surface area contributed by atoms with Gasteiger partial charge in [0, 0.05) is 18.2 Å². The molecule has 1 aliphatic heterocycles. The van der Waals surface area contributed by atoms with Crippen LogP contribution < -0.4 is 10.6 Å². The Balaban J connectivity index is 0.00000243. The Labute approximate surface area is 156 Å². The van der Waals surface area contributed by atoms with E-state index in [9.17, 15) is 14.9 Å². The SMILES string of the molecule is Cl.O=C(NCCc1ccccc1[N+](=O)[O-])c1cn(C2CCNCC2)nn1. The van der Waals surface area contributed by atoms with Crippen molar-refractivity contribution < 1.29 is 9.72 Å². The number of nitro groups is 1. The molecular formula is C16H21ClN6O3. The molecule has 140 valence electrons. The van der Waals surface area contributed by atoms with E-state index in [-0.39, 0.29) is 35.7 Å². The summed E-state index contributed by atoms with van der Waals surface area (Å²) in [7, 11) is 0. The summed E-state index contributed by atoms with van der Waals surface area (Å²) in [6.45, 7) is 2.16. The van der Waals surface area contributed by atoms with E-state index in [0.717, 1.165) is 25.9 Å². The minimum absolute atomic E-state index is 0. The lowest BCUT2D eigenvalue weighted by molar-refractivity contribution is -0.385. The van der Waals surface area contributed by atoms with Crippen molar-refractivity contribution in [1.29, 1.82) is 0 Å². The van der Waals surface area contributed by atoms with Crippen molar-refractivity contribution in [1.82, 2.24) is 25.6 Å². The number of rotatable bonds is 6. The van der Waals surface area contributed by atoms with Gasteiger partial charge in [-0.05, 0) is 32.4 Å². The van der Waals surface area contributed by atoms with Crippen LogP contribution in [0.4, 0.5) is 5.69 Å². The molecule has 1 aromatic carbocycles. The monoisotopic (exact) mass is 380 g/mol. The lowest BCUT2D eigenvalue weighted by atomic mass is 10.1. The number of aromatic nitrogens is 3. The molecule has 0 saturated carbocycles. The number of carbonyl (C=O) groups is 1. The first-order chi connectivity index (χ1) is 12.1. The highest BCUT2D eigenvalue weighted by molar-refractivity contribution is 5.91. The fourth-order valence-corrected chi connectivity index (χ4v) is 2.93. The average Bonchev–Trinajstić information content (AvgIpc) is 3.13. The van der Waals surface area contributed by atoms with Crippen molar-refractivity contribution >= 4 is 24.0 Å². The van der Waals surface area contributed by atoms with Crippen LogP contribution in [0.15, 0.2) is 30.5 Å². The van der Waals surface area contributed by atoms with Gasteiger partial charge in [-0.15, -0.1) is 17.5 Å². The first-order valence-corrected chi connectivity index (χ1v) is 8.28. The Morgan fingerprint density at radius 1 is 1.35 bits per heavy atom. The molecule has 1 aliphatic rings. The number of hydrogen-bond donors (Lipinski definition) is 2. The van der Waals surface area contributed by atoms with Crippen molar-refractivity contribution in [2.24, 2.45) is 0 Å². The number of amides is 1. The van der Waals surface area contributed by atoms with Crippen molar-refractivity contribution in [3.63, 3.8) is 0 Å². The molecule has 10 heteroatoms. The average molecular weight is 381 g/mol. The predicted octanol–water partition coefficient (Wildman–Crippen LogP) is 1.51. The molecule has 2 N–H and O–H groups in total. The lowest BCUT2D eigenvalue weighted by Gasteiger charge is -2.22. The Bertz CT molecular complexity index is 760. The third kappa shape index (κ3) is 4.77. The molecule has 1 fully saturated rings. The van der Waals surface area contributed by atoms with Gasteiger partial charge in [-0.2, -0.15) is 0 Å². The molecular weight excluding hydrogens is 360 g/mol.